The van der Waals surface area contributed by atoms with Crippen molar-refractivity contribution in [3.8, 4) is 0 Å². The second-order valence-corrected chi connectivity index (χ2v) is 6.68. The number of halogens is 1. The third-order valence-corrected chi connectivity index (χ3v) is 4.59. The van der Waals surface area contributed by atoms with Gasteiger partial charge in [-0.05, 0) is 44.7 Å². The van der Waals surface area contributed by atoms with Crippen LogP contribution in [0.2, 0.25) is 5.02 Å². The van der Waals surface area contributed by atoms with Crippen molar-refractivity contribution in [3.05, 3.63) is 34.9 Å². The Kier molecular flexibility index (Phi) is 7.37. The van der Waals surface area contributed by atoms with Crippen LogP contribution in [-0.4, -0.2) is 48.8 Å². The molecule has 1 atom stereocenters. The maximum atomic E-state index is 12.2. The largest absolute Gasteiger partial charge is 0.450 e. The lowest BCUT2D eigenvalue weighted by molar-refractivity contribution is 0.0957. The van der Waals surface area contributed by atoms with Crippen LogP contribution in [0.15, 0.2) is 24.3 Å². The van der Waals surface area contributed by atoms with Crippen LogP contribution in [0, 0.1) is 0 Å². The lowest BCUT2D eigenvalue weighted by Crippen LogP contribution is -2.50. The van der Waals surface area contributed by atoms with Crippen LogP contribution in [0.3, 0.4) is 0 Å². The minimum Gasteiger partial charge on any atom is -0.450 e. The predicted molar refractivity (Wildman–Crippen MR) is 97.9 cm³/mol. The third kappa shape index (κ3) is 6.12. The van der Waals surface area contributed by atoms with Gasteiger partial charge in [-0.3, -0.25) is 0 Å². The molecule has 1 aliphatic rings. The molecule has 0 saturated carbocycles. The number of carbonyl (C=O) groups excluding carboxylic acids is 2. The molecule has 1 aromatic rings. The number of nitrogens with zero attached hydrogens (tertiary/aromatic N) is 1. The summed E-state index contributed by atoms with van der Waals surface area (Å²) < 4.78 is 4.99. The Morgan fingerprint density at radius 2 is 2.00 bits per heavy atom. The molecule has 0 aromatic heterocycles. The van der Waals surface area contributed by atoms with Gasteiger partial charge in [0.2, 0.25) is 0 Å². The Hall–Kier alpha value is -1.95. The van der Waals surface area contributed by atoms with Crippen molar-refractivity contribution >= 4 is 23.7 Å². The van der Waals surface area contributed by atoms with Crippen LogP contribution in [0.5, 0.6) is 0 Å². The van der Waals surface area contributed by atoms with Crippen molar-refractivity contribution in [1.29, 1.82) is 0 Å². The first-order chi connectivity index (χ1) is 12.0. The van der Waals surface area contributed by atoms with Crippen LogP contribution in [0.25, 0.3) is 0 Å². The summed E-state index contributed by atoms with van der Waals surface area (Å²) in [4.78, 5) is 25.5. The number of rotatable bonds is 5. The SMILES string of the molecule is CCOC(=O)N1CCC(NC(=O)NC(C)Cc2ccccc2Cl)CC1. The lowest BCUT2D eigenvalue weighted by Gasteiger charge is -2.31. The van der Waals surface area contributed by atoms with Crippen LogP contribution in [0.1, 0.15) is 32.3 Å². The van der Waals surface area contributed by atoms with Crippen molar-refractivity contribution in [1.82, 2.24) is 15.5 Å². The minimum absolute atomic E-state index is 0.0282. The van der Waals surface area contributed by atoms with Gasteiger partial charge < -0.3 is 20.3 Å². The Morgan fingerprint density at radius 1 is 1.32 bits per heavy atom. The molecule has 0 spiro atoms. The molecule has 1 unspecified atom stereocenters. The van der Waals surface area contributed by atoms with E-state index in [4.69, 9.17) is 16.3 Å². The quantitative estimate of drug-likeness (QED) is 0.839. The second-order valence-electron chi connectivity index (χ2n) is 6.27. The van der Waals surface area contributed by atoms with Gasteiger partial charge in [0, 0.05) is 30.2 Å². The third-order valence-electron chi connectivity index (χ3n) is 4.22. The smallest absolute Gasteiger partial charge is 0.409 e. The normalized spacial score (nSPS) is 16.2. The highest BCUT2D eigenvalue weighted by Crippen LogP contribution is 2.16. The van der Waals surface area contributed by atoms with Crippen LogP contribution >= 0.6 is 11.6 Å². The molecule has 1 heterocycles. The van der Waals surface area contributed by atoms with Gasteiger partial charge >= 0.3 is 12.1 Å². The van der Waals surface area contributed by atoms with E-state index in [1.165, 1.54) is 0 Å². The maximum absolute atomic E-state index is 12.2. The molecule has 0 radical (unpaired) electrons. The zero-order chi connectivity index (χ0) is 18.2. The van der Waals surface area contributed by atoms with Crippen LogP contribution in [-0.2, 0) is 11.2 Å². The topological polar surface area (TPSA) is 70.7 Å². The number of hydrogen-bond donors (Lipinski definition) is 2. The average Bonchev–Trinajstić information content (AvgIpc) is 2.57. The molecular weight excluding hydrogens is 342 g/mol. The zero-order valence-electron chi connectivity index (χ0n) is 14.8. The van der Waals surface area contributed by atoms with E-state index >= 15 is 0 Å². The van der Waals surface area contributed by atoms with Gasteiger partial charge in [0.05, 0.1) is 6.61 Å². The fourth-order valence-corrected chi connectivity index (χ4v) is 3.13. The number of benzene rings is 1. The fourth-order valence-electron chi connectivity index (χ4n) is 2.92. The molecule has 138 valence electrons. The van der Waals surface area contributed by atoms with Gasteiger partial charge in [0.1, 0.15) is 0 Å². The van der Waals surface area contributed by atoms with E-state index in [2.05, 4.69) is 10.6 Å². The monoisotopic (exact) mass is 367 g/mol. The highest BCUT2D eigenvalue weighted by molar-refractivity contribution is 6.31. The fraction of sp³-hybridized carbons (Fsp3) is 0.556. The van der Waals surface area contributed by atoms with E-state index in [1.807, 2.05) is 31.2 Å². The summed E-state index contributed by atoms with van der Waals surface area (Å²) in [6.07, 6.45) is 1.85. The summed E-state index contributed by atoms with van der Waals surface area (Å²) in [7, 11) is 0. The first kappa shape index (κ1) is 19.4. The number of hydrogen-bond acceptors (Lipinski definition) is 3. The molecule has 2 rings (SSSR count). The van der Waals surface area contributed by atoms with Gasteiger partial charge in [0.25, 0.3) is 0 Å². The van der Waals surface area contributed by atoms with Gasteiger partial charge in [-0.25, -0.2) is 9.59 Å². The Morgan fingerprint density at radius 3 is 2.64 bits per heavy atom. The van der Waals surface area contributed by atoms with E-state index in [0.29, 0.717) is 31.1 Å². The lowest BCUT2D eigenvalue weighted by atomic mass is 10.1. The molecule has 1 aliphatic heterocycles. The maximum Gasteiger partial charge on any atom is 0.409 e. The molecule has 2 N–H and O–H groups in total. The highest BCUT2D eigenvalue weighted by atomic mass is 35.5. The Labute approximate surface area is 153 Å². The summed E-state index contributed by atoms with van der Waals surface area (Å²) in [6, 6.07) is 7.49. The molecular formula is C18H26ClN3O3. The minimum atomic E-state index is -0.279. The molecule has 7 heteroatoms. The molecule has 3 amide bonds. The number of carbonyl (C=O) groups is 2. The molecule has 1 fully saturated rings. The summed E-state index contributed by atoms with van der Waals surface area (Å²) in [5.74, 6) is 0. The van der Waals surface area contributed by atoms with Crippen LogP contribution in [0.4, 0.5) is 9.59 Å². The summed E-state index contributed by atoms with van der Waals surface area (Å²) in [6.45, 7) is 5.31. The number of amides is 3. The predicted octanol–water partition coefficient (Wildman–Crippen LogP) is 3.19. The standard InChI is InChI=1S/C18H26ClN3O3/c1-3-25-18(24)22-10-8-15(9-11-22)21-17(23)20-13(2)12-14-6-4-5-7-16(14)19/h4-7,13,15H,3,8-12H2,1-2H3,(H2,20,21,23). The number of urea groups is 1. The molecule has 25 heavy (non-hydrogen) atoms. The number of piperidine rings is 1. The highest BCUT2D eigenvalue weighted by Gasteiger charge is 2.24. The number of likely N-dealkylation sites (tertiary alicyclic amines) is 1. The van der Waals surface area contributed by atoms with Crippen LogP contribution < -0.4 is 10.6 Å². The Balaban J connectivity index is 1.72. The van der Waals surface area contributed by atoms with Crippen molar-refractivity contribution < 1.29 is 14.3 Å². The summed E-state index contributed by atoms with van der Waals surface area (Å²) in [5, 5.41) is 6.63. The van der Waals surface area contributed by atoms with Crippen molar-refractivity contribution in [2.75, 3.05) is 19.7 Å². The number of nitrogens with one attached hydrogen (secondary N) is 2. The van der Waals surface area contributed by atoms with Crippen molar-refractivity contribution in [2.45, 2.75) is 45.2 Å². The van der Waals surface area contributed by atoms with Gasteiger partial charge in [-0.2, -0.15) is 0 Å². The van der Waals surface area contributed by atoms with Gasteiger partial charge in [-0.1, -0.05) is 29.8 Å². The van der Waals surface area contributed by atoms with Gasteiger partial charge in [-0.15, -0.1) is 0 Å². The van der Waals surface area contributed by atoms with E-state index in [-0.39, 0.29) is 24.2 Å². The molecule has 1 aromatic carbocycles. The molecule has 0 bridgehead atoms. The zero-order valence-corrected chi connectivity index (χ0v) is 15.5. The van der Waals surface area contributed by atoms with E-state index in [0.717, 1.165) is 18.4 Å². The van der Waals surface area contributed by atoms with E-state index in [1.54, 1.807) is 11.8 Å². The second kappa shape index (κ2) is 9.51. The summed E-state index contributed by atoms with van der Waals surface area (Å²) >= 11 is 6.15. The van der Waals surface area contributed by atoms with E-state index in [9.17, 15) is 9.59 Å². The first-order valence-corrected chi connectivity index (χ1v) is 9.09. The molecule has 0 aliphatic carbocycles. The molecule has 1 saturated heterocycles. The van der Waals surface area contributed by atoms with Crippen molar-refractivity contribution in [2.24, 2.45) is 0 Å². The first-order valence-electron chi connectivity index (χ1n) is 8.71. The van der Waals surface area contributed by atoms with Gasteiger partial charge in [0.15, 0.2) is 0 Å². The average molecular weight is 368 g/mol. The molecule has 6 nitrogen and oxygen atoms in total. The summed E-state index contributed by atoms with van der Waals surface area (Å²) in [5.41, 5.74) is 1.01. The van der Waals surface area contributed by atoms with Crippen molar-refractivity contribution in [3.63, 3.8) is 0 Å². The van der Waals surface area contributed by atoms with E-state index < -0.39 is 0 Å². The number of ether oxygens (including phenoxy) is 1. The Bertz CT molecular complexity index is 589.